The number of carbonyl (C=O) groups is 2. The van der Waals surface area contributed by atoms with Crippen molar-refractivity contribution in [2.24, 2.45) is 11.5 Å². The van der Waals surface area contributed by atoms with E-state index in [9.17, 15) is 0 Å². The highest BCUT2D eigenvalue weighted by atomic mass is 16.5. The summed E-state index contributed by atoms with van der Waals surface area (Å²) in [5, 5.41) is 10.4. The summed E-state index contributed by atoms with van der Waals surface area (Å²) in [6.45, 7) is 6.23. The second kappa shape index (κ2) is 19.6. The Labute approximate surface area is 183 Å². The third-order valence-electron chi connectivity index (χ3n) is 3.11. The van der Waals surface area contributed by atoms with Crippen LogP contribution in [0, 0.1) is 0 Å². The van der Waals surface area contributed by atoms with Gasteiger partial charge in [0.2, 0.25) is 6.41 Å². The van der Waals surface area contributed by atoms with Crippen LogP contribution in [-0.2, 0) is 20.9 Å². The van der Waals surface area contributed by atoms with Crippen LogP contribution in [0.15, 0.2) is 54.7 Å². The minimum Gasteiger partial charge on any atom is -0.496 e. The standard InChI is InChI=1S/C10H12N2O2.C7H9N.C2H4O2.C2H6.CH3NO/c1-13-9-4-7(11)2-3-8(9)10-5-12-6-14-10;8-6-7-4-2-1-3-5-7;1-2(3)4;1-2;2-1-3/h2-5,12H,6,11H2,1H3;1-5H,6,8H2;1H3,(H,3,4);1-2H3;1H,(H2,2,3). The first kappa shape index (κ1) is 29.5. The number of aliphatic carboxylic acids is 1. The Morgan fingerprint density at radius 2 is 1.77 bits per heavy atom. The maximum Gasteiger partial charge on any atom is 0.300 e. The lowest BCUT2D eigenvalue weighted by atomic mass is 10.1. The lowest BCUT2D eigenvalue weighted by Crippen LogP contribution is -1.99. The molecule has 1 heterocycles. The van der Waals surface area contributed by atoms with E-state index >= 15 is 0 Å². The molecule has 0 bridgehead atoms. The Bertz CT molecular complexity index is 764. The zero-order valence-electron chi connectivity index (χ0n) is 18.5. The molecule has 0 saturated carbocycles. The van der Waals surface area contributed by atoms with Crippen molar-refractivity contribution in [3.63, 3.8) is 0 Å². The summed E-state index contributed by atoms with van der Waals surface area (Å²) in [5.41, 5.74) is 17.9. The number of ether oxygens (including phenoxy) is 2. The summed E-state index contributed by atoms with van der Waals surface area (Å²) in [7, 11) is 1.61. The van der Waals surface area contributed by atoms with E-state index in [1.807, 2.05) is 62.5 Å². The highest BCUT2D eigenvalue weighted by Crippen LogP contribution is 2.29. The summed E-state index contributed by atoms with van der Waals surface area (Å²) in [5.74, 6) is 0.668. The van der Waals surface area contributed by atoms with Crippen LogP contribution < -0.4 is 27.3 Å². The molecule has 2 aromatic carbocycles. The van der Waals surface area contributed by atoms with Crippen LogP contribution in [0.3, 0.4) is 0 Å². The van der Waals surface area contributed by atoms with Gasteiger partial charge in [-0.1, -0.05) is 44.2 Å². The van der Waals surface area contributed by atoms with Gasteiger partial charge in [0, 0.05) is 31.4 Å². The number of carboxylic acids is 1. The van der Waals surface area contributed by atoms with Gasteiger partial charge in [-0.25, -0.2) is 0 Å². The van der Waals surface area contributed by atoms with Gasteiger partial charge < -0.3 is 37.1 Å². The average Bonchev–Trinajstić information content (AvgIpc) is 3.31. The number of hydrogen-bond donors (Lipinski definition) is 5. The Balaban J connectivity index is 0. The van der Waals surface area contributed by atoms with Gasteiger partial charge in [-0.05, 0) is 17.7 Å². The first-order chi connectivity index (χ1) is 14.9. The molecule has 0 aliphatic carbocycles. The quantitative estimate of drug-likeness (QED) is 0.363. The van der Waals surface area contributed by atoms with Gasteiger partial charge in [-0.2, -0.15) is 0 Å². The fourth-order valence-corrected chi connectivity index (χ4v) is 1.98. The maximum atomic E-state index is 9.00. The van der Waals surface area contributed by atoms with Crippen molar-refractivity contribution in [3.05, 3.63) is 65.9 Å². The smallest absolute Gasteiger partial charge is 0.300 e. The number of nitrogens with one attached hydrogen (secondary N) is 1. The second-order valence-corrected chi connectivity index (χ2v) is 5.31. The van der Waals surface area contributed by atoms with E-state index in [4.69, 9.17) is 35.6 Å². The zero-order chi connectivity index (χ0) is 24.1. The van der Waals surface area contributed by atoms with E-state index in [2.05, 4.69) is 11.1 Å². The maximum absolute atomic E-state index is 9.00. The monoisotopic (exact) mass is 434 g/mol. The number of anilines is 1. The number of methoxy groups -OCH3 is 1. The van der Waals surface area contributed by atoms with Crippen molar-refractivity contribution in [3.8, 4) is 5.75 Å². The second-order valence-electron chi connectivity index (χ2n) is 5.31. The number of carboxylic acid groups (broad SMARTS) is 1. The van der Waals surface area contributed by atoms with Crippen molar-refractivity contribution in [2.45, 2.75) is 27.3 Å². The molecule has 1 amide bonds. The van der Waals surface area contributed by atoms with Crippen LogP contribution in [0.1, 0.15) is 31.9 Å². The Hall–Kier alpha value is -3.72. The lowest BCUT2D eigenvalue weighted by molar-refractivity contribution is -0.134. The van der Waals surface area contributed by atoms with Crippen LogP contribution in [0.5, 0.6) is 5.75 Å². The number of amides is 1. The van der Waals surface area contributed by atoms with Gasteiger partial charge in [0.05, 0.1) is 12.7 Å². The van der Waals surface area contributed by atoms with E-state index in [0.29, 0.717) is 19.0 Å². The molecule has 9 heteroatoms. The largest absolute Gasteiger partial charge is 0.496 e. The molecule has 0 atom stereocenters. The molecule has 0 unspecified atom stereocenters. The van der Waals surface area contributed by atoms with Crippen LogP contribution in [0.25, 0.3) is 5.76 Å². The van der Waals surface area contributed by atoms with Crippen LogP contribution in [-0.4, -0.2) is 31.3 Å². The molecular formula is C22H34N4O5. The molecule has 1 aliphatic rings. The van der Waals surface area contributed by atoms with E-state index in [0.717, 1.165) is 24.0 Å². The molecule has 2 aromatic rings. The van der Waals surface area contributed by atoms with E-state index in [-0.39, 0.29) is 6.41 Å². The molecule has 1 aliphatic heterocycles. The van der Waals surface area contributed by atoms with Gasteiger partial charge in [0.1, 0.15) is 11.5 Å². The molecule has 0 saturated heterocycles. The minimum absolute atomic E-state index is 0.250. The Morgan fingerprint density at radius 1 is 1.23 bits per heavy atom. The summed E-state index contributed by atoms with van der Waals surface area (Å²) in [6.07, 6.45) is 2.06. The van der Waals surface area contributed by atoms with Crippen LogP contribution in [0.4, 0.5) is 5.69 Å². The summed E-state index contributed by atoms with van der Waals surface area (Å²) in [6, 6.07) is 15.5. The lowest BCUT2D eigenvalue weighted by Gasteiger charge is -2.09. The summed E-state index contributed by atoms with van der Waals surface area (Å²) in [4.78, 5) is 17.6. The van der Waals surface area contributed by atoms with Crippen LogP contribution in [0.2, 0.25) is 0 Å². The van der Waals surface area contributed by atoms with Crippen LogP contribution >= 0.6 is 0 Å². The third kappa shape index (κ3) is 14.9. The molecule has 0 fully saturated rings. The third-order valence-corrected chi connectivity index (χ3v) is 3.11. The van der Waals surface area contributed by atoms with Crippen molar-refractivity contribution in [1.29, 1.82) is 0 Å². The molecule has 0 aromatic heterocycles. The van der Waals surface area contributed by atoms with Gasteiger partial charge >= 0.3 is 0 Å². The topological polar surface area (TPSA) is 163 Å². The average molecular weight is 435 g/mol. The predicted octanol–water partition coefficient (Wildman–Crippen LogP) is 2.52. The Kier molecular flexibility index (Phi) is 18.6. The van der Waals surface area contributed by atoms with Crippen molar-refractivity contribution >= 4 is 23.8 Å². The molecule has 9 nitrogen and oxygen atoms in total. The number of primary amides is 1. The Morgan fingerprint density at radius 3 is 2.16 bits per heavy atom. The molecule has 31 heavy (non-hydrogen) atoms. The van der Waals surface area contributed by atoms with Crippen molar-refractivity contribution < 1.29 is 24.2 Å². The van der Waals surface area contributed by atoms with E-state index in [1.54, 1.807) is 13.2 Å². The normalized spacial score (nSPS) is 10.2. The van der Waals surface area contributed by atoms with Gasteiger partial charge in [0.25, 0.3) is 5.97 Å². The molecule has 0 radical (unpaired) electrons. The predicted molar refractivity (Wildman–Crippen MR) is 124 cm³/mol. The fourth-order valence-electron chi connectivity index (χ4n) is 1.98. The van der Waals surface area contributed by atoms with Gasteiger partial charge in [-0.15, -0.1) is 0 Å². The zero-order valence-corrected chi connectivity index (χ0v) is 18.5. The van der Waals surface area contributed by atoms with Crippen molar-refractivity contribution in [2.75, 3.05) is 19.6 Å². The first-order valence-corrected chi connectivity index (χ1v) is 9.48. The first-order valence-electron chi connectivity index (χ1n) is 9.48. The molecule has 8 N–H and O–H groups in total. The minimum atomic E-state index is -0.833. The number of benzene rings is 2. The highest BCUT2D eigenvalue weighted by molar-refractivity contribution is 5.69. The van der Waals surface area contributed by atoms with E-state index in [1.165, 1.54) is 5.56 Å². The van der Waals surface area contributed by atoms with Crippen molar-refractivity contribution in [1.82, 2.24) is 5.32 Å². The molecular weight excluding hydrogens is 400 g/mol. The SMILES string of the molecule is CC.CC(=O)O.COc1cc(N)ccc1C1=CNCO1.NC=O.NCc1ccccc1. The summed E-state index contributed by atoms with van der Waals surface area (Å²) >= 11 is 0. The molecule has 0 spiro atoms. The molecule has 172 valence electrons. The van der Waals surface area contributed by atoms with E-state index < -0.39 is 5.97 Å². The number of rotatable bonds is 3. The summed E-state index contributed by atoms with van der Waals surface area (Å²) < 4.78 is 10.6. The fraction of sp³-hybridized carbons (Fsp3) is 0.273. The number of carbonyl (C=O) groups excluding carboxylic acids is 1. The number of hydrogen-bond acceptors (Lipinski definition) is 7. The number of nitrogens with two attached hydrogens (primary N) is 3. The number of nitrogen functional groups attached to an aromatic ring is 1. The van der Waals surface area contributed by atoms with Gasteiger partial charge in [-0.3, -0.25) is 9.59 Å². The van der Waals surface area contributed by atoms with Gasteiger partial charge in [0.15, 0.2) is 6.73 Å². The molecule has 3 rings (SSSR count). The highest BCUT2D eigenvalue weighted by Gasteiger charge is 2.13.